The molecule has 1 aliphatic rings. The lowest BCUT2D eigenvalue weighted by Gasteiger charge is -2.08. The maximum atomic E-state index is 11.7. The molecule has 3 N–H and O–H groups in total. The van der Waals surface area contributed by atoms with E-state index in [0.717, 1.165) is 23.1 Å². The van der Waals surface area contributed by atoms with Crippen molar-refractivity contribution in [2.24, 2.45) is 0 Å². The molecule has 1 aromatic rings. The predicted octanol–water partition coefficient (Wildman–Crippen LogP) is 3.66. The smallest absolute Gasteiger partial charge is 0.224 e. The van der Waals surface area contributed by atoms with Gasteiger partial charge in [-0.2, -0.15) is 11.8 Å². The van der Waals surface area contributed by atoms with Crippen LogP contribution in [0.3, 0.4) is 0 Å². The Kier molecular flexibility index (Phi) is 5.58. The minimum absolute atomic E-state index is 0.0943. The molecule has 1 amide bonds. The highest BCUT2D eigenvalue weighted by Crippen LogP contribution is 2.29. The number of nitrogens with two attached hydrogens (primary N) is 1. The Labute approximate surface area is 119 Å². The summed E-state index contributed by atoms with van der Waals surface area (Å²) in [5.41, 5.74) is 7.14. The van der Waals surface area contributed by atoms with E-state index in [1.54, 1.807) is 12.1 Å². The van der Waals surface area contributed by atoms with E-state index < -0.39 is 0 Å². The summed E-state index contributed by atoms with van der Waals surface area (Å²) in [6.07, 6.45) is 7.06. The highest BCUT2D eigenvalue weighted by atomic mass is 32.2. The Balaban J connectivity index is 1.60. The molecule has 1 fully saturated rings. The van der Waals surface area contributed by atoms with Gasteiger partial charge in [-0.05, 0) is 49.3 Å². The van der Waals surface area contributed by atoms with Crippen LogP contribution in [0, 0.1) is 0 Å². The highest BCUT2D eigenvalue weighted by molar-refractivity contribution is 7.99. The van der Waals surface area contributed by atoms with Crippen LogP contribution in [-0.2, 0) is 4.79 Å². The van der Waals surface area contributed by atoms with Crippen molar-refractivity contribution in [3.63, 3.8) is 0 Å². The molecule has 3 nitrogen and oxygen atoms in total. The first-order valence-electron chi connectivity index (χ1n) is 7.01. The van der Waals surface area contributed by atoms with Crippen molar-refractivity contribution in [3.8, 4) is 0 Å². The molecule has 0 aromatic heterocycles. The van der Waals surface area contributed by atoms with Gasteiger partial charge in [-0.25, -0.2) is 0 Å². The molecule has 4 heteroatoms. The van der Waals surface area contributed by atoms with Crippen LogP contribution in [0.15, 0.2) is 24.3 Å². The molecular weight excluding hydrogens is 256 g/mol. The van der Waals surface area contributed by atoms with Crippen LogP contribution in [0.5, 0.6) is 0 Å². The van der Waals surface area contributed by atoms with Gasteiger partial charge in [0.1, 0.15) is 0 Å². The van der Waals surface area contributed by atoms with E-state index in [1.165, 1.54) is 25.7 Å². The first-order valence-corrected chi connectivity index (χ1v) is 8.06. The number of thioether (sulfide) groups is 1. The van der Waals surface area contributed by atoms with Crippen molar-refractivity contribution in [2.75, 3.05) is 16.8 Å². The lowest BCUT2D eigenvalue weighted by atomic mass is 10.2. The molecule has 1 aliphatic carbocycles. The topological polar surface area (TPSA) is 55.1 Å². The van der Waals surface area contributed by atoms with E-state index in [0.29, 0.717) is 12.1 Å². The fraction of sp³-hybridized carbons (Fsp3) is 0.533. The molecule has 1 aromatic carbocycles. The number of amides is 1. The number of hydrogen-bond donors (Lipinski definition) is 2. The molecule has 19 heavy (non-hydrogen) atoms. The average molecular weight is 278 g/mol. The molecular formula is C15H22N2OS. The van der Waals surface area contributed by atoms with Crippen LogP contribution < -0.4 is 11.1 Å². The SMILES string of the molecule is Nc1ccc(NC(=O)CCCSC2CCCC2)cc1. The third-order valence-electron chi connectivity index (χ3n) is 3.40. The van der Waals surface area contributed by atoms with E-state index in [-0.39, 0.29) is 5.91 Å². The molecule has 0 aliphatic heterocycles. The second-order valence-corrected chi connectivity index (χ2v) is 6.46. The average Bonchev–Trinajstić information content (AvgIpc) is 2.91. The second-order valence-electron chi connectivity index (χ2n) is 5.05. The molecule has 2 rings (SSSR count). The fourth-order valence-corrected chi connectivity index (χ4v) is 3.64. The molecule has 0 atom stereocenters. The van der Waals surface area contributed by atoms with E-state index in [1.807, 2.05) is 23.9 Å². The van der Waals surface area contributed by atoms with Gasteiger partial charge in [-0.3, -0.25) is 4.79 Å². The van der Waals surface area contributed by atoms with Crippen LogP contribution in [0.4, 0.5) is 11.4 Å². The van der Waals surface area contributed by atoms with E-state index >= 15 is 0 Å². The summed E-state index contributed by atoms with van der Waals surface area (Å²) in [4.78, 5) is 11.7. The van der Waals surface area contributed by atoms with Gasteiger partial charge in [-0.15, -0.1) is 0 Å². The molecule has 0 unspecified atom stereocenters. The van der Waals surface area contributed by atoms with Crippen molar-refractivity contribution >= 4 is 29.0 Å². The summed E-state index contributed by atoms with van der Waals surface area (Å²) in [6.45, 7) is 0. The number of anilines is 2. The van der Waals surface area contributed by atoms with Gasteiger partial charge in [0.05, 0.1) is 0 Å². The second kappa shape index (κ2) is 7.43. The maximum absolute atomic E-state index is 11.7. The molecule has 0 bridgehead atoms. The lowest BCUT2D eigenvalue weighted by Crippen LogP contribution is -2.11. The highest BCUT2D eigenvalue weighted by Gasteiger charge is 2.14. The summed E-state index contributed by atoms with van der Waals surface area (Å²) < 4.78 is 0. The van der Waals surface area contributed by atoms with Crippen molar-refractivity contribution in [1.82, 2.24) is 0 Å². The first-order chi connectivity index (χ1) is 9.24. The maximum Gasteiger partial charge on any atom is 0.224 e. The number of nitrogen functional groups attached to an aromatic ring is 1. The van der Waals surface area contributed by atoms with Crippen molar-refractivity contribution in [1.29, 1.82) is 0 Å². The normalized spacial score (nSPS) is 15.6. The van der Waals surface area contributed by atoms with E-state index in [2.05, 4.69) is 5.32 Å². The number of carbonyl (C=O) groups excluding carboxylic acids is 1. The Morgan fingerprint density at radius 1 is 1.26 bits per heavy atom. The zero-order chi connectivity index (χ0) is 13.5. The summed E-state index contributed by atoms with van der Waals surface area (Å²) >= 11 is 2.04. The molecule has 0 heterocycles. The van der Waals surface area contributed by atoms with Crippen molar-refractivity contribution < 1.29 is 4.79 Å². The number of rotatable bonds is 6. The summed E-state index contributed by atoms with van der Waals surface area (Å²) in [5, 5.41) is 3.74. The Hall–Kier alpha value is -1.16. The van der Waals surface area contributed by atoms with Crippen molar-refractivity contribution in [2.45, 2.75) is 43.8 Å². The van der Waals surface area contributed by atoms with E-state index in [9.17, 15) is 4.79 Å². The summed E-state index contributed by atoms with van der Waals surface area (Å²) in [6, 6.07) is 7.26. The van der Waals surface area contributed by atoms with Gasteiger partial charge in [0.15, 0.2) is 0 Å². The van der Waals surface area contributed by atoms with Gasteiger partial charge in [0.2, 0.25) is 5.91 Å². The number of hydrogen-bond acceptors (Lipinski definition) is 3. The standard InChI is InChI=1S/C15H22N2OS/c16-12-7-9-13(10-8-12)17-15(18)6-3-11-19-14-4-1-2-5-14/h7-10,14H,1-6,11,16H2,(H,17,18). The van der Waals surface area contributed by atoms with Crippen molar-refractivity contribution in [3.05, 3.63) is 24.3 Å². The third kappa shape index (κ3) is 5.15. The van der Waals surface area contributed by atoms with Crippen LogP contribution >= 0.6 is 11.8 Å². The summed E-state index contributed by atoms with van der Waals surface area (Å²) in [7, 11) is 0. The molecule has 0 radical (unpaired) electrons. The molecule has 1 saturated carbocycles. The lowest BCUT2D eigenvalue weighted by molar-refractivity contribution is -0.116. The van der Waals surface area contributed by atoms with Gasteiger partial charge >= 0.3 is 0 Å². The number of benzene rings is 1. The Morgan fingerprint density at radius 3 is 2.63 bits per heavy atom. The Morgan fingerprint density at radius 2 is 1.95 bits per heavy atom. The van der Waals surface area contributed by atoms with Crippen LogP contribution in [-0.4, -0.2) is 16.9 Å². The Bertz CT molecular complexity index is 399. The quantitative estimate of drug-likeness (QED) is 0.616. The molecule has 0 saturated heterocycles. The van der Waals surface area contributed by atoms with Gasteiger partial charge < -0.3 is 11.1 Å². The van der Waals surface area contributed by atoms with E-state index in [4.69, 9.17) is 5.73 Å². The largest absolute Gasteiger partial charge is 0.399 e. The van der Waals surface area contributed by atoms with Crippen LogP contribution in [0.25, 0.3) is 0 Å². The van der Waals surface area contributed by atoms with Gasteiger partial charge in [0.25, 0.3) is 0 Å². The third-order valence-corrected chi connectivity index (χ3v) is 4.87. The number of carbonyl (C=O) groups is 1. The zero-order valence-corrected chi connectivity index (χ0v) is 12.0. The van der Waals surface area contributed by atoms with Gasteiger partial charge in [0, 0.05) is 23.0 Å². The predicted molar refractivity (Wildman–Crippen MR) is 83.4 cm³/mol. The van der Waals surface area contributed by atoms with Gasteiger partial charge in [-0.1, -0.05) is 12.8 Å². The zero-order valence-electron chi connectivity index (χ0n) is 11.2. The van der Waals surface area contributed by atoms with Crippen LogP contribution in [0.1, 0.15) is 38.5 Å². The number of nitrogens with one attached hydrogen (secondary N) is 1. The first kappa shape index (κ1) is 14.3. The summed E-state index contributed by atoms with van der Waals surface area (Å²) in [5.74, 6) is 1.19. The monoisotopic (exact) mass is 278 g/mol. The molecule has 104 valence electrons. The molecule has 0 spiro atoms. The minimum atomic E-state index is 0.0943. The minimum Gasteiger partial charge on any atom is -0.399 e. The fourth-order valence-electron chi connectivity index (χ4n) is 2.33. The van der Waals surface area contributed by atoms with Crippen LogP contribution in [0.2, 0.25) is 0 Å².